The molecule has 0 aliphatic rings. The summed E-state index contributed by atoms with van der Waals surface area (Å²) in [4.78, 5) is 6.17. The maximum atomic E-state index is 5.44. The molecule has 0 saturated carbocycles. The number of nitrogens with zero attached hydrogens (tertiary/aromatic N) is 2. The van der Waals surface area contributed by atoms with Crippen molar-refractivity contribution >= 4 is 17.2 Å². The van der Waals surface area contributed by atoms with Crippen molar-refractivity contribution in [2.75, 3.05) is 19.8 Å². The molecule has 0 atom stereocenters. The second-order valence-corrected chi connectivity index (χ2v) is 3.35. The maximum absolute atomic E-state index is 5.44. The standard InChI is InChI=1S/C6H11N3S/c1-9(2)3-6-8-5(7)4-10-6/h4H,3,7H2,1-2H3. The quantitative estimate of drug-likeness (QED) is 0.690. The van der Waals surface area contributed by atoms with Crippen LogP contribution in [0.25, 0.3) is 0 Å². The molecule has 1 aromatic heterocycles. The fourth-order valence-electron chi connectivity index (χ4n) is 0.668. The molecule has 0 unspecified atom stereocenters. The third-order valence-electron chi connectivity index (χ3n) is 1.02. The van der Waals surface area contributed by atoms with Crippen molar-refractivity contribution in [2.45, 2.75) is 6.54 Å². The minimum absolute atomic E-state index is 0.627. The molecule has 0 saturated heterocycles. The van der Waals surface area contributed by atoms with Gasteiger partial charge in [-0.2, -0.15) is 0 Å². The molecular weight excluding hydrogens is 146 g/mol. The Kier molecular flexibility index (Phi) is 2.24. The SMILES string of the molecule is CN(C)Cc1nc(N)cs1. The Morgan fingerprint density at radius 2 is 2.40 bits per heavy atom. The average Bonchev–Trinajstić information content (AvgIpc) is 2.13. The van der Waals surface area contributed by atoms with Crippen LogP contribution in [-0.4, -0.2) is 24.0 Å². The van der Waals surface area contributed by atoms with Gasteiger partial charge >= 0.3 is 0 Å². The highest BCUT2D eigenvalue weighted by atomic mass is 32.1. The van der Waals surface area contributed by atoms with E-state index in [9.17, 15) is 0 Å². The molecule has 0 aliphatic heterocycles. The molecule has 0 fully saturated rings. The fraction of sp³-hybridized carbons (Fsp3) is 0.500. The van der Waals surface area contributed by atoms with Gasteiger partial charge in [-0.05, 0) is 14.1 Å². The summed E-state index contributed by atoms with van der Waals surface area (Å²) in [7, 11) is 4.02. The van der Waals surface area contributed by atoms with Crippen molar-refractivity contribution in [3.8, 4) is 0 Å². The predicted molar refractivity (Wildman–Crippen MR) is 43.9 cm³/mol. The number of aromatic nitrogens is 1. The summed E-state index contributed by atoms with van der Waals surface area (Å²) >= 11 is 1.60. The van der Waals surface area contributed by atoms with Crippen LogP contribution in [0, 0.1) is 0 Å². The van der Waals surface area contributed by atoms with Crippen molar-refractivity contribution in [2.24, 2.45) is 0 Å². The molecule has 1 heterocycles. The first-order valence-electron chi connectivity index (χ1n) is 3.03. The zero-order chi connectivity index (χ0) is 7.56. The van der Waals surface area contributed by atoms with Crippen LogP contribution < -0.4 is 5.73 Å². The number of nitrogen functional groups attached to an aromatic ring is 1. The molecule has 2 N–H and O–H groups in total. The summed E-state index contributed by atoms with van der Waals surface area (Å²) in [5.74, 6) is 0.627. The Morgan fingerprint density at radius 3 is 2.80 bits per heavy atom. The second-order valence-electron chi connectivity index (χ2n) is 2.40. The Morgan fingerprint density at radius 1 is 1.70 bits per heavy atom. The second kappa shape index (κ2) is 2.98. The molecule has 10 heavy (non-hydrogen) atoms. The highest BCUT2D eigenvalue weighted by molar-refractivity contribution is 7.09. The van der Waals surface area contributed by atoms with Crippen LogP contribution in [0.3, 0.4) is 0 Å². The Balaban J connectivity index is 2.58. The van der Waals surface area contributed by atoms with E-state index in [0.29, 0.717) is 5.82 Å². The molecule has 4 heteroatoms. The molecule has 0 amide bonds. The number of hydrogen-bond donors (Lipinski definition) is 1. The van der Waals surface area contributed by atoms with Crippen LogP contribution in [0.1, 0.15) is 5.01 Å². The van der Waals surface area contributed by atoms with E-state index in [1.54, 1.807) is 11.3 Å². The fourth-order valence-corrected chi connectivity index (χ4v) is 1.47. The smallest absolute Gasteiger partial charge is 0.134 e. The summed E-state index contributed by atoms with van der Waals surface area (Å²) in [6.07, 6.45) is 0. The summed E-state index contributed by atoms with van der Waals surface area (Å²) < 4.78 is 0. The van der Waals surface area contributed by atoms with Crippen molar-refractivity contribution in [3.05, 3.63) is 10.4 Å². The maximum Gasteiger partial charge on any atom is 0.134 e. The number of nitrogens with two attached hydrogens (primary N) is 1. The summed E-state index contributed by atoms with van der Waals surface area (Å²) in [6.45, 7) is 0.877. The number of hydrogen-bond acceptors (Lipinski definition) is 4. The Hall–Kier alpha value is -0.610. The molecule has 1 rings (SSSR count). The summed E-state index contributed by atoms with van der Waals surface area (Å²) in [5, 5.41) is 2.93. The molecule has 0 radical (unpaired) electrons. The van der Waals surface area contributed by atoms with Gasteiger partial charge in [0.05, 0.1) is 0 Å². The minimum Gasteiger partial charge on any atom is -0.383 e. The summed E-state index contributed by atoms with van der Waals surface area (Å²) in [5.41, 5.74) is 5.44. The number of rotatable bonds is 2. The van der Waals surface area contributed by atoms with Crippen molar-refractivity contribution in [3.63, 3.8) is 0 Å². The highest BCUT2D eigenvalue weighted by Gasteiger charge is 1.98. The first-order chi connectivity index (χ1) is 4.68. The lowest BCUT2D eigenvalue weighted by molar-refractivity contribution is 0.402. The van der Waals surface area contributed by atoms with Gasteiger partial charge in [0.15, 0.2) is 0 Å². The number of anilines is 1. The third kappa shape index (κ3) is 1.97. The molecular formula is C6H11N3S. The van der Waals surface area contributed by atoms with Gasteiger partial charge in [0.1, 0.15) is 10.8 Å². The van der Waals surface area contributed by atoms with Gasteiger partial charge in [-0.15, -0.1) is 11.3 Å². The Labute approximate surface area is 64.5 Å². The average molecular weight is 157 g/mol. The van der Waals surface area contributed by atoms with Gasteiger partial charge in [0, 0.05) is 11.9 Å². The first-order valence-corrected chi connectivity index (χ1v) is 3.91. The van der Waals surface area contributed by atoms with E-state index in [4.69, 9.17) is 5.73 Å². The lowest BCUT2D eigenvalue weighted by atomic mass is 10.6. The minimum atomic E-state index is 0.627. The van der Waals surface area contributed by atoms with Crippen LogP contribution in [0.4, 0.5) is 5.82 Å². The van der Waals surface area contributed by atoms with Crippen molar-refractivity contribution in [1.29, 1.82) is 0 Å². The van der Waals surface area contributed by atoms with E-state index < -0.39 is 0 Å². The zero-order valence-corrected chi connectivity index (χ0v) is 6.98. The van der Waals surface area contributed by atoms with E-state index in [-0.39, 0.29) is 0 Å². The molecule has 0 spiro atoms. The van der Waals surface area contributed by atoms with Crippen LogP contribution >= 0.6 is 11.3 Å². The molecule has 1 aromatic rings. The molecule has 0 aliphatic carbocycles. The molecule has 0 aromatic carbocycles. The normalized spacial score (nSPS) is 10.7. The van der Waals surface area contributed by atoms with Gasteiger partial charge < -0.3 is 10.6 Å². The molecule has 0 bridgehead atoms. The van der Waals surface area contributed by atoms with Crippen LogP contribution in [0.5, 0.6) is 0 Å². The van der Waals surface area contributed by atoms with E-state index in [1.807, 2.05) is 19.5 Å². The lowest BCUT2D eigenvalue weighted by Crippen LogP contribution is -2.10. The summed E-state index contributed by atoms with van der Waals surface area (Å²) in [6, 6.07) is 0. The highest BCUT2D eigenvalue weighted by Crippen LogP contribution is 2.11. The first kappa shape index (κ1) is 7.50. The molecule has 56 valence electrons. The third-order valence-corrected chi connectivity index (χ3v) is 1.87. The molecule has 3 nitrogen and oxygen atoms in total. The van der Waals surface area contributed by atoms with E-state index in [0.717, 1.165) is 11.6 Å². The number of thiazole rings is 1. The van der Waals surface area contributed by atoms with E-state index >= 15 is 0 Å². The van der Waals surface area contributed by atoms with Gasteiger partial charge in [0.2, 0.25) is 0 Å². The van der Waals surface area contributed by atoms with E-state index in [2.05, 4.69) is 9.88 Å². The van der Waals surface area contributed by atoms with Crippen molar-refractivity contribution < 1.29 is 0 Å². The van der Waals surface area contributed by atoms with Gasteiger partial charge in [-0.1, -0.05) is 0 Å². The van der Waals surface area contributed by atoms with Gasteiger partial charge in [0.25, 0.3) is 0 Å². The largest absolute Gasteiger partial charge is 0.383 e. The van der Waals surface area contributed by atoms with E-state index in [1.165, 1.54) is 0 Å². The van der Waals surface area contributed by atoms with Crippen LogP contribution in [0.15, 0.2) is 5.38 Å². The van der Waals surface area contributed by atoms with Gasteiger partial charge in [-0.3, -0.25) is 0 Å². The van der Waals surface area contributed by atoms with Gasteiger partial charge in [-0.25, -0.2) is 4.98 Å². The lowest BCUT2D eigenvalue weighted by Gasteiger charge is -2.04. The van der Waals surface area contributed by atoms with Crippen LogP contribution in [-0.2, 0) is 6.54 Å². The van der Waals surface area contributed by atoms with Crippen molar-refractivity contribution in [1.82, 2.24) is 9.88 Å². The zero-order valence-electron chi connectivity index (χ0n) is 6.16. The Bertz CT molecular complexity index is 207. The van der Waals surface area contributed by atoms with Crippen LogP contribution in [0.2, 0.25) is 0 Å². The monoisotopic (exact) mass is 157 g/mol. The topological polar surface area (TPSA) is 42.2 Å². The predicted octanol–water partition coefficient (Wildman–Crippen LogP) is 0.787.